The highest BCUT2D eigenvalue weighted by Crippen LogP contribution is 2.27. The molecule has 0 saturated heterocycles. The zero-order valence-electron chi connectivity index (χ0n) is 10.6. The third-order valence-corrected chi connectivity index (χ3v) is 3.97. The molecule has 106 valence electrons. The largest absolute Gasteiger partial charge is 0.341 e. The van der Waals surface area contributed by atoms with E-state index >= 15 is 0 Å². The SMILES string of the molecule is O=[N+]([O-])c1ccc2nc(Cc3cccc(Cl)c3Cl)[nH]c2c1. The molecule has 0 amide bonds. The summed E-state index contributed by atoms with van der Waals surface area (Å²) >= 11 is 12.1. The number of aromatic amines is 1. The van der Waals surface area contributed by atoms with Crippen LogP contribution in [0.4, 0.5) is 5.69 Å². The van der Waals surface area contributed by atoms with E-state index < -0.39 is 4.92 Å². The maximum atomic E-state index is 10.8. The van der Waals surface area contributed by atoms with Crippen LogP contribution in [0.25, 0.3) is 11.0 Å². The minimum Gasteiger partial charge on any atom is -0.341 e. The van der Waals surface area contributed by atoms with Crippen LogP contribution in [0, 0.1) is 10.1 Å². The number of aromatic nitrogens is 2. The number of imidazole rings is 1. The fraction of sp³-hybridized carbons (Fsp3) is 0.0714. The Balaban J connectivity index is 1.98. The number of nitro groups is 1. The second kappa shape index (κ2) is 5.35. The molecule has 0 radical (unpaired) electrons. The molecule has 7 heteroatoms. The molecule has 21 heavy (non-hydrogen) atoms. The van der Waals surface area contributed by atoms with Gasteiger partial charge in [0.25, 0.3) is 5.69 Å². The number of nitrogens with zero attached hydrogens (tertiary/aromatic N) is 2. The molecule has 0 aliphatic carbocycles. The molecular formula is C14H9Cl2N3O2. The molecule has 3 aromatic rings. The van der Waals surface area contributed by atoms with Gasteiger partial charge in [-0.05, 0) is 17.7 Å². The van der Waals surface area contributed by atoms with Gasteiger partial charge in [0, 0.05) is 18.6 Å². The van der Waals surface area contributed by atoms with Crippen LogP contribution in [0.3, 0.4) is 0 Å². The van der Waals surface area contributed by atoms with Crippen LogP contribution in [0.2, 0.25) is 10.0 Å². The lowest BCUT2D eigenvalue weighted by atomic mass is 10.1. The summed E-state index contributed by atoms with van der Waals surface area (Å²) in [4.78, 5) is 17.8. The Morgan fingerprint density at radius 2 is 2.05 bits per heavy atom. The van der Waals surface area contributed by atoms with E-state index in [4.69, 9.17) is 23.2 Å². The first kappa shape index (κ1) is 13.9. The van der Waals surface area contributed by atoms with Crippen LogP contribution >= 0.6 is 23.2 Å². The lowest BCUT2D eigenvalue weighted by molar-refractivity contribution is -0.384. The maximum Gasteiger partial charge on any atom is 0.271 e. The second-order valence-corrected chi connectivity index (χ2v) is 5.32. The van der Waals surface area contributed by atoms with Crippen LogP contribution in [0.5, 0.6) is 0 Å². The monoisotopic (exact) mass is 321 g/mol. The smallest absolute Gasteiger partial charge is 0.271 e. The second-order valence-electron chi connectivity index (χ2n) is 4.53. The van der Waals surface area contributed by atoms with E-state index in [9.17, 15) is 10.1 Å². The molecule has 5 nitrogen and oxygen atoms in total. The van der Waals surface area contributed by atoms with Gasteiger partial charge in [-0.15, -0.1) is 0 Å². The number of halogens is 2. The Bertz CT molecular complexity index is 845. The summed E-state index contributed by atoms with van der Waals surface area (Å²) in [5, 5.41) is 11.7. The van der Waals surface area contributed by atoms with Gasteiger partial charge in [-0.1, -0.05) is 35.3 Å². The van der Waals surface area contributed by atoms with E-state index in [1.807, 2.05) is 12.1 Å². The highest BCUT2D eigenvalue weighted by atomic mass is 35.5. The molecule has 1 heterocycles. The molecule has 2 aromatic carbocycles. The lowest BCUT2D eigenvalue weighted by Gasteiger charge is -2.03. The molecule has 0 aliphatic heterocycles. The molecule has 1 aromatic heterocycles. The van der Waals surface area contributed by atoms with Gasteiger partial charge in [0.05, 0.1) is 26.0 Å². The van der Waals surface area contributed by atoms with E-state index in [2.05, 4.69) is 9.97 Å². The van der Waals surface area contributed by atoms with Gasteiger partial charge in [0.1, 0.15) is 5.82 Å². The van der Waals surface area contributed by atoms with Gasteiger partial charge in [-0.2, -0.15) is 0 Å². The summed E-state index contributed by atoms with van der Waals surface area (Å²) in [7, 11) is 0. The number of hydrogen-bond acceptors (Lipinski definition) is 3. The van der Waals surface area contributed by atoms with Gasteiger partial charge >= 0.3 is 0 Å². The molecule has 0 fully saturated rings. The van der Waals surface area contributed by atoms with Crippen molar-refractivity contribution in [3.63, 3.8) is 0 Å². The fourth-order valence-electron chi connectivity index (χ4n) is 2.11. The summed E-state index contributed by atoms with van der Waals surface area (Å²) < 4.78 is 0. The molecule has 0 bridgehead atoms. The van der Waals surface area contributed by atoms with Crippen molar-refractivity contribution in [1.29, 1.82) is 0 Å². The molecule has 1 N–H and O–H groups in total. The number of benzene rings is 2. The maximum absolute atomic E-state index is 10.8. The Labute approximate surface area is 129 Å². The summed E-state index contributed by atoms with van der Waals surface area (Å²) in [6, 6.07) is 9.91. The van der Waals surface area contributed by atoms with Crippen molar-refractivity contribution in [2.75, 3.05) is 0 Å². The van der Waals surface area contributed by atoms with Crippen molar-refractivity contribution in [3.05, 3.63) is 67.9 Å². The zero-order chi connectivity index (χ0) is 15.0. The number of nitro benzene ring substituents is 1. The third-order valence-electron chi connectivity index (χ3n) is 3.11. The number of nitrogens with one attached hydrogen (secondary N) is 1. The first-order valence-electron chi connectivity index (χ1n) is 6.10. The van der Waals surface area contributed by atoms with Crippen LogP contribution in [-0.4, -0.2) is 14.9 Å². The van der Waals surface area contributed by atoms with E-state index in [1.54, 1.807) is 12.1 Å². The molecular weight excluding hydrogens is 313 g/mol. The van der Waals surface area contributed by atoms with Crippen molar-refractivity contribution in [2.45, 2.75) is 6.42 Å². The van der Waals surface area contributed by atoms with Crippen molar-refractivity contribution < 1.29 is 4.92 Å². The van der Waals surface area contributed by atoms with E-state index in [1.165, 1.54) is 12.1 Å². The predicted octanol–water partition coefficient (Wildman–Crippen LogP) is 4.37. The standard InChI is InChI=1S/C14H9Cl2N3O2/c15-10-3-1-2-8(14(10)16)6-13-17-11-5-4-9(19(20)21)7-12(11)18-13/h1-5,7H,6H2,(H,17,18). The van der Waals surface area contributed by atoms with Gasteiger partial charge in [-0.25, -0.2) is 4.98 Å². The van der Waals surface area contributed by atoms with Gasteiger partial charge in [-0.3, -0.25) is 10.1 Å². The first-order valence-corrected chi connectivity index (χ1v) is 6.86. The molecule has 0 atom stereocenters. The number of non-ortho nitro benzene ring substituents is 1. The minimum atomic E-state index is -0.437. The summed E-state index contributed by atoms with van der Waals surface area (Å²) in [6.07, 6.45) is 0.474. The van der Waals surface area contributed by atoms with E-state index in [0.29, 0.717) is 33.3 Å². The van der Waals surface area contributed by atoms with Crippen molar-refractivity contribution in [3.8, 4) is 0 Å². The normalized spacial score (nSPS) is 11.0. The summed E-state index contributed by atoms with van der Waals surface area (Å²) in [5.41, 5.74) is 2.17. The van der Waals surface area contributed by atoms with Crippen molar-refractivity contribution in [1.82, 2.24) is 9.97 Å². The van der Waals surface area contributed by atoms with E-state index in [0.717, 1.165) is 5.56 Å². The van der Waals surface area contributed by atoms with Crippen LogP contribution in [0.15, 0.2) is 36.4 Å². The van der Waals surface area contributed by atoms with Crippen molar-refractivity contribution in [2.24, 2.45) is 0 Å². The molecule has 0 unspecified atom stereocenters. The Kier molecular flexibility index (Phi) is 3.53. The van der Waals surface area contributed by atoms with Gasteiger partial charge in [0.15, 0.2) is 0 Å². The quantitative estimate of drug-likeness (QED) is 0.575. The van der Waals surface area contributed by atoms with Crippen molar-refractivity contribution >= 4 is 39.9 Å². The third kappa shape index (κ3) is 2.70. The zero-order valence-corrected chi connectivity index (χ0v) is 12.1. The van der Waals surface area contributed by atoms with Gasteiger partial charge in [0.2, 0.25) is 0 Å². The van der Waals surface area contributed by atoms with Crippen LogP contribution in [0.1, 0.15) is 11.4 Å². The lowest BCUT2D eigenvalue weighted by Crippen LogP contribution is -1.92. The fourth-order valence-corrected chi connectivity index (χ4v) is 2.50. The predicted molar refractivity (Wildman–Crippen MR) is 82.0 cm³/mol. The topological polar surface area (TPSA) is 71.8 Å². The van der Waals surface area contributed by atoms with Crippen LogP contribution in [-0.2, 0) is 6.42 Å². The molecule has 0 saturated carbocycles. The average Bonchev–Trinajstić information content (AvgIpc) is 2.85. The minimum absolute atomic E-state index is 0.0264. The molecule has 0 aliphatic rings. The number of rotatable bonds is 3. The highest BCUT2D eigenvalue weighted by molar-refractivity contribution is 6.42. The number of hydrogen-bond donors (Lipinski definition) is 1. The number of H-pyrrole nitrogens is 1. The Hall–Kier alpha value is -2.11. The molecule has 3 rings (SSSR count). The summed E-state index contributed by atoms with van der Waals surface area (Å²) in [6.45, 7) is 0. The van der Waals surface area contributed by atoms with E-state index in [-0.39, 0.29) is 5.69 Å². The van der Waals surface area contributed by atoms with Gasteiger partial charge < -0.3 is 4.98 Å². The summed E-state index contributed by atoms with van der Waals surface area (Å²) in [5.74, 6) is 0.676. The highest BCUT2D eigenvalue weighted by Gasteiger charge is 2.11. The Morgan fingerprint density at radius 3 is 2.81 bits per heavy atom. The van der Waals surface area contributed by atoms with Crippen LogP contribution < -0.4 is 0 Å². The number of fused-ring (bicyclic) bond motifs is 1. The average molecular weight is 322 g/mol. The first-order chi connectivity index (χ1) is 10.0. The molecule has 0 spiro atoms. The Morgan fingerprint density at radius 1 is 1.24 bits per heavy atom.